The number of benzene rings is 1. The van der Waals surface area contributed by atoms with Crippen LogP contribution in [0, 0.1) is 5.92 Å². The lowest BCUT2D eigenvalue weighted by Gasteiger charge is -2.08. The number of hydrogen-bond acceptors (Lipinski definition) is 7. The van der Waals surface area contributed by atoms with Crippen LogP contribution in [0.25, 0.3) is 6.08 Å². The third-order valence-corrected chi connectivity index (χ3v) is 7.19. The summed E-state index contributed by atoms with van der Waals surface area (Å²) in [6.07, 6.45) is 7.91. The minimum atomic E-state index is -0.211. The van der Waals surface area contributed by atoms with E-state index in [1.165, 1.54) is 42.4 Å². The number of carbonyl (C=O) groups excluding carboxylic acids is 2. The molecule has 1 aliphatic rings. The van der Waals surface area contributed by atoms with E-state index < -0.39 is 0 Å². The molecule has 172 valence electrons. The fraction of sp³-hybridized carbons (Fsp3) is 0.292. The Morgan fingerprint density at radius 1 is 1.24 bits per heavy atom. The van der Waals surface area contributed by atoms with Gasteiger partial charge in [-0.05, 0) is 62.9 Å². The van der Waals surface area contributed by atoms with Gasteiger partial charge in [0.1, 0.15) is 11.5 Å². The van der Waals surface area contributed by atoms with Crippen molar-refractivity contribution in [3.8, 4) is 16.7 Å². The molecule has 33 heavy (non-hydrogen) atoms. The zero-order valence-electron chi connectivity index (χ0n) is 18.2. The van der Waals surface area contributed by atoms with Crippen molar-refractivity contribution in [3.63, 3.8) is 0 Å². The molecule has 0 unspecified atom stereocenters. The summed E-state index contributed by atoms with van der Waals surface area (Å²) < 4.78 is 11.6. The number of thiophene rings is 1. The number of hydrogen-bond donors (Lipinski definition) is 1. The monoisotopic (exact) mass is 502 g/mol. The molecular weight excluding hydrogens is 480 g/mol. The zero-order valence-corrected chi connectivity index (χ0v) is 20.6. The number of ketones is 1. The van der Waals surface area contributed by atoms with E-state index in [-0.39, 0.29) is 17.7 Å². The molecule has 1 atom stereocenters. The van der Waals surface area contributed by atoms with Crippen LogP contribution in [0.2, 0.25) is 5.02 Å². The molecule has 0 aliphatic heterocycles. The normalized spacial score (nSPS) is 14.3. The molecule has 2 heterocycles. The maximum atomic E-state index is 12.3. The predicted octanol–water partition coefficient (Wildman–Crippen LogP) is 6.47. The van der Waals surface area contributed by atoms with E-state index in [1.807, 2.05) is 25.1 Å². The van der Waals surface area contributed by atoms with E-state index in [4.69, 9.17) is 21.1 Å². The smallest absolute Gasteiger partial charge is 0.279 e. The third kappa shape index (κ3) is 6.66. The van der Waals surface area contributed by atoms with Crippen molar-refractivity contribution in [2.24, 2.45) is 5.92 Å². The van der Waals surface area contributed by atoms with Crippen molar-refractivity contribution in [2.45, 2.75) is 32.7 Å². The van der Waals surface area contributed by atoms with Gasteiger partial charge in [0.05, 0.1) is 26.3 Å². The van der Waals surface area contributed by atoms with E-state index in [9.17, 15) is 9.59 Å². The number of halogens is 1. The van der Waals surface area contributed by atoms with Gasteiger partial charge in [0, 0.05) is 18.3 Å². The summed E-state index contributed by atoms with van der Waals surface area (Å²) in [7, 11) is 0. The van der Waals surface area contributed by atoms with Gasteiger partial charge >= 0.3 is 0 Å². The molecule has 4 rings (SSSR count). The molecule has 0 bridgehead atoms. The highest BCUT2D eigenvalue weighted by Gasteiger charge is 2.22. The number of thiazole rings is 1. The fourth-order valence-corrected chi connectivity index (χ4v) is 4.56. The summed E-state index contributed by atoms with van der Waals surface area (Å²) in [6.45, 7) is 4.09. The molecule has 1 fully saturated rings. The van der Waals surface area contributed by atoms with Gasteiger partial charge in [-0.1, -0.05) is 29.0 Å². The summed E-state index contributed by atoms with van der Waals surface area (Å²) in [5.41, 5.74) is 0. The van der Waals surface area contributed by atoms with Crippen LogP contribution in [0.5, 0.6) is 16.7 Å². The molecule has 0 saturated heterocycles. The Hall–Kier alpha value is -2.68. The van der Waals surface area contributed by atoms with Gasteiger partial charge < -0.3 is 14.8 Å². The average molecular weight is 503 g/mol. The lowest BCUT2D eigenvalue weighted by molar-refractivity contribution is 0.0950. The summed E-state index contributed by atoms with van der Waals surface area (Å²) >= 11 is 8.90. The Bertz CT molecular complexity index is 1180. The maximum Gasteiger partial charge on any atom is 0.279 e. The predicted molar refractivity (Wildman–Crippen MR) is 132 cm³/mol. The first-order valence-electron chi connectivity index (χ1n) is 10.5. The number of Topliss-reactive ketones (excluding diaryl/α,β-unsaturated/α-hetero) is 1. The van der Waals surface area contributed by atoms with E-state index in [1.54, 1.807) is 30.5 Å². The van der Waals surface area contributed by atoms with E-state index >= 15 is 0 Å². The average Bonchev–Trinajstić information content (AvgIpc) is 3.28. The third-order valence-electron chi connectivity index (χ3n) is 4.87. The number of carbonyl (C=O) groups is 2. The quantitative estimate of drug-likeness (QED) is 0.321. The van der Waals surface area contributed by atoms with E-state index in [2.05, 4.69) is 10.3 Å². The maximum absolute atomic E-state index is 12.3. The minimum Gasteiger partial charge on any atom is -0.493 e. The van der Waals surface area contributed by atoms with E-state index in [0.29, 0.717) is 31.6 Å². The number of nitrogens with zero attached hydrogens (tertiary/aromatic N) is 1. The lowest BCUT2D eigenvalue weighted by Crippen LogP contribution is -2.30. The molecule has 1 amide bonds. The lowest BCUT2D eigenvalue weighted by atomic mass is 10.3. The second kappa shape index (κ2) is 10.5. The minimum absolute atomic E-state index is 0.0469. The zero-order chi connectivity index (χ0) is 23.4. The molecule has 0 radical (unpaired) electrons. The Labute approximate surface area is 205 Å². The molecule has 9 heteroatoms. The molecular formula is C24H23ClN2O4S2. The molecule has 1 aliphatic carbocycles. The largest absolute Gasteiger partial charge is 0.493 e. The van der Waals surface area contributed by atoms with Crippen molar-refractivity contribution >= 4 is 52.0 Å². The van der Waals surface area contributed by atoms with Crippen LogP contribution in [0.4, 0.5) is 0 Å². The van der Waals surface area contributed by atoms with Crippen LogP contribution in [0.15, 0.2) is 42.6 Å². The van der Waals surface area contributed by atoms with Crippen molar-refractivity contribution in [3.05, 3.63) is 62.3 Å². The van der Waals surface area contributed by atoms with Crippen molar-refractivity contribution in [1.82, 2.24) is 10.3 Å². The van der Waals surface area contributed by atoms with Gasteiger partial charge in [-0.3, -0.25) is 9.59 Å². The van der Waals surface area contributed by atoms with Crippen molar-refractivity contribution < 1.29 is 19.1 Å². The molecule has 2 aromatic heterocycles. The number of nitrogens with one attached hydrogen (secondary N) is 1. The first-order chi connectivity index (χ1) is 15.9. The highest BCUT2D eigenvalue weighted by Crippen LogP contribution is 2.35. The van der Waals surface area contributed by atoms with Gasteiger partial charge in [0.2, 0.25) is 0 Å². The second-order valence-electron chi connectivity index (χ2n) is 7.82. The van der Waals surface area contributed by atoms with Gasteiger partial charge in [-0.2, -0.15) is 0 Å². The van der Waals surface area contributed by atoms with Crippen LogP contribution in [-0.2, 0) is 0 Å². The highest BCUT2D eigenvalue weighted by atomic mass is 35.5. The molecule has 1 aromatic carbocycles. The Morgan fingerprint density at radius 2 is 2.03 bits per heavy atom. The van der Waals surface area contributed by atoms with Crippen molar-refractivity contribution in [2.75, 3.05) is 6.61 Å². The number of aromatic nitrogens is 1. The van der Waals surface area contributed by atoms with E-state index in [0.717, 1.165) is 17.2 Å². The molecule has 1 saturated carbocycles. The molecule has 3 aromatic rings. The van der Waals surface area contributed by atoms with Crippen LogP contribution in [0.3, 0.4) is 0 Å². The Morgan fingerprint density at radius 3 is 2.73 bits per heavy atom. The van der Waals surface area contributed by atoms with Crippen LogP contribution < -0.4 is 14.8 Å². The summed E-state index contributed by atoms with van der Waals surface area (Å²) in [6, 6.07) is 8.50. The molecule has 6 nitrogen and oxygen atoms in total. The topological polar surface area (TPSA) is 77.5 Å². The highest BCUT2D eigenvalue weighted by molar-refractivity contribution is 7.16. The van der Waals surface area contributed by atoms with Crippen LogP contribution in [-0.4, -0.2) is 29.3 Å². The first-order valence-corrected chi connectivity index (χ1v) is 12.5. The van der Waals surface area contributed by atoms with Crippen LogP contribution in [0.1, 0.15) is 50.9 Å². The number of rotatable bonds is 10. The van der Waals surface area contributed by atoms with Gasteiger partial charge in [0.25, 0.3) is 11.1 Å². The number of ether oxygens (including phenoxy) is 2. The van der Waals surface area contributed by atoms with Gasteiger partial charge in [-0.15, -0.1) is 11.3 Å². The Balaban J connectivity index is 1.30. The molecule has 0 spiro atoms. The second-order valence-corrected chi connectivity index (χ2v) is 10.3. The number of amides is 1. The summed E-state index contributed by atoms with van der Waals surface area (Å²) in [5, 5.41) is 3.83. The van der Waals surface area contributed by atoms with Gasteiger partial charge in [0.15, 0.2) is 5.78 Å². The standard InChI is InChI=1S/C24H23ClN2O4S2/c1-14(27-23(29)22-10-9-21(33-22)15(2)28)3-7-18-12-26-24(32-18)31-20-8-6-17(11-19(20)25)30-13-16-4-5-16/h3,6-12,14,16H,4-5,13H2,1-2H3,(H,27,29)/b7-3+/t14-/m0/s1. The SMILES string of the molecule is CC(=O)c1ccc(C(=O)N[C@@H](C)/C=C/c2cnc(Oc3ccc(OCC4CC4)cc3Cl)s2)s1. The summed E-state index contributed by atoms with van der Waals surface area (Å²) in [4.78, 5) is 30.0. The van der Waals surface area contributed by atoms with Gasteiger partial charge in [-0.25, -0.2) is 4.98 Å². The Kier molecular flexibility index (Phi) is 7.47. The first kappa shape index (κ1) is 23.5. The molecule has 1 N–H and O–H groups in total. The van der Waals surface area contributed by atoms with Crippen LogP contribution >= 0.6 is 34.3 Å². The van der Waals surface area contributed by atoms with Crippen molar-refractivity contribution in [1.29, 1.82) is 0 Å². The fourth-order valence-electron chi connectivity index (χ4n) is 2.86. The summed E-state index contributed by atoms with van der Waals surface area (Å²) in [5.74, 6) is 1.67.